The lowest BCUT2D eigenvalue weighted by molar-refractivity contribution is 0.102. The molecule has 1 aliphatic carbocycles. The number of sulfonamides is 1. The van der Waals surface area contributed by atoms with Crippen LogP contribution in [0.15, 0.2) is 39.8 Å². The molecule has 0 radical (unpaired) electrons. The standard InChI is InChI=1S/C19H25N3O4S/c1-3-22(16-7-5-4-6-8-16)27(24,25)17-11-9-15(10-12-17)19(23)20-18-13-14(2)26-21-18/h9-13,16H,3-8H2,1-2H3,(H,20,21,23). The van der Waals surface area contributed by atoms with E-state index in [4.69, 9.17) is 4.52 Å². The van der Waals surface area contributed by atoms with E-state index in [-0.39, 0.29) is 16.8 Å². The van der Waals surface area contributed by atoms with Gasteiger partial charge in [0.15, 0.2) is 5.82 Å². The van der Waals surface area contributed by atoms with Gasteiger partial charge in [0.1, 0.15) is 5.76 Å². The van der Waals surface area contributed by atoms with Gasteiger partial charge in [0.05, 0.1) is 4.90 Å². The van der Waals surface area contributed by atoms with Crippen molar-refractivity contribution in [3.8, 4) is 0 Å². The number of carbonyl (C=O) groups is 1. The molecule has 0 spiro atoms. The summed E-state index contributed by atoms with van der Waals surface area (Å²) in [7, 11) is -3.57. The van der Waals surface area contributed by atoms with Crippen LogP contribution in [0.2, 0.25) is 0 Å². The average Bonchev–Trinajstić information content (AvgIpc) is 3.08. The van der Waals surface area contributed by atoms with Crippen LogP contribution in [0.3, 0.4) is 0 Å². The lowest BCUT2D eigenvalue weighted by atomic mass is 9.95. The SMILES string of the molecule is CCN(C1CCCCC1)S(=O)(=O)c1ccc(C(=O)Nc2cc(C)on2)cc1. The zero-order valence-electron chi connectivity index (χ0n) is 15.6. The molecule has 2 aromatic rings. The number of aryl methyl sites for hydroxylation is 1. The molecule has 1 aromatic heterocycles. The molecule has 27 heavy (non-hydrogen) atoms. The topological polar surface area (TPSA) is 92.5 Å². The molecular formula is C19H25N3O4S. The van der Waals surface area contributed by atoms with E-state index in [1.807, 2.05) is 6.92 Å². The van der Waals surface area contributed by atoms with Gasteiger partial charge in [-0.15, -0.1) is 0 Å². The minimum absolute atomic E-state index is 0.0622. The molecule has 0 atom stereocenters. The third-order valence-electron chi connectivity index (χ3n) is 4.89. The van der Waals surface area contributed by atoms with Crippen LogP contribution >= 0.6 is 0 Å². The fraction of sp³-hybridized carbons (Fsp3) is 0.474. The molecule has 1 aromatic carbocycles. The number of rotatable bonds is 6. The van der Waals surface area contributed by atoms with Crippen molar-refractivity contribution in [2.24, 2.45) is 0 Å². The second-order valence-corrected chi connectivity index (χ2v) is 8.69. The summed E-state index contributed by atoms with van der Waals surface area (Å²) in [6.07, 6.45) is 5.12. The van der Waals surface area contributed by atoms with E-state index in [1.165, 1.54) is 30.7 Å². The maximum Gasteiger partial charge on any atom is 0.256 e. The third kappa shape index (κ3) is 4.39. The Hall–Kier alpha value is -2.19. The monoisotopic (exact) mass is 391 g/mol. The molecule has 1 aliphatic rings. The van der Waals surface area contributed by atoms with Crippen LogP contribution in [0.1, 0.15) is 55.1 Å². The highest BCUT2D eigenvalue weighted by atomic mass is 32.2. The highest BCUT2D eigenvalue weighted by molar-refractivity contribution is 7.89. The first kappa shape index (κ1) is 19.6. The summed E-state index contributed by atoms with van der Waals surface area (Å²) in [6, 6.07) is 7.69. The quantitative estimate of drug-likeness (QED) is 0.812. The van der Waals surface area contributed by atoms with Crippen molar-refractivity contribution < 1.29 is 17.7 Å². The van der Waals surface area contributed by atoms with Gasteiger partial charge in [-0.25, -0.2) is 8.42 Å². The highest BCUT2D eigenvalue weighted by Gasteiger charge is 2.31. The average molecular weight is 391 g/mol. The molecule has 1 N–H and O–H groups in total. The number of anilines is 1. The van der Waals surface area contributed by atoms with E-state index in [0.717, 1.165) is 25.7 Å². The summed E-state index contributed by atoms with van der Waals surface area (Å²) in [5.41, 5.74) is 0.357. The molecule has 0 bridgehead atoms. The normalized spacial score (nSPS) is 15.8. The second-order valence-electron chi connectivity index (χ2n) is 6.80. The summed E-state index contributed by atoms with van der Waals surface area (Å²) in [5, 5.41) is 6.33. The molecular weight excluding hydrogens is 366 g/mol. The zero-order valence-corrected chi connectivity index (χ0v) is 16.5. The fourth-order valence-corrected chi connectivity index (χ4v) is 5.21. The first-order valence-electron chi connectivity index (χ1n) is 9.28. The van der Waals surface area contributed by atoms with Crippen molar-refractivity contribution in [2.75, 3.05) is 11.9 Å². The number of aromatic nitrogens is 1. The molecule has 1 fully saturated rings. The number of carbonyl (C=O) groups excluding carboxylic acids is 1. The number of nitrogens with zero attached hydrogens (tertiary/aromatic N) is 2. The number of nitrogens with one attached hydrogen (secondary N) is 1. The molecule has 146 valence electrons. The van der Waals surface area contributed by atoms with Crippen LogP contribution in [0.4, 0.5) is 5.82 Å². The van der Waals surface area contributed by atoms with Crippen molar-refractivity contribution in [2.45, 2.75) is 56.9 Å². The van der Waals surface area contributed by atoms with Gasteiger partial charge in [0.25, 0.3) is 5.91 Å². The Labute approximate surface area is 159 Å². The van der Waals surface area contributed by atoms with E-state index >= 15 is 0 Å². The van der Waals surface area contributed by atoms with Gasteiger partial charge in [-0.3, -0.25) is 4.79 Å². The predicted molar refractivity (Wildman–Crippen MR) is 102 cm³/mol. The number of benzene rings is 1. The lowest BCUT2D eigenvalue weighted by Gasteiger charge is -2.32. The summed E-state index contributed by atoms with van der Waals surface area (Å²) < 4.78 is 32.6. The fourth-order valence-electron chi connectivity index (χ4n) is 3.52. The Morgan fingerprint density at radius 2 is 1.89 bits per heavy atom. The van der Waals surface area contributed by atoms with Crippen molar-refractivity contribution in [3.05, 3.63) is 41.7 Å². The van der Waals surface area contributed by atoms with Crippen molar-refractivity contribution in [1.29, 1.82) is 0 Å². The Kier molecular flexibility index (Phi) is 5.96. The molecule has 1 amide bonds. The first-order chi connectivity index (χ1) is 12.9. The smallest absolute Gasteiger partial charge is 0.256 e. The summed E-state index contributed by atoms with van der Waals surface area (Å²) >= 11 is 0. The van der Waals surface area contributed by atoms with E-state index in [2.05, 4.69) is 10.5 Å². The van der Waals surface area contributed by atoms with Crippen LogP contribution < -0.4 is 5.32 Å². The van der Waals surface area contributed by atoms with Crippen molar-refractivity contribution >= 4 is 21.7 Å². The van der Waals surface area contributed by atoms with Crippen molar-refractivity contribution in [1.82, 2.24) is 9.46 Å². The molecule has 1 heterocycles. The van der Waals surface area contributed by atoms with Crippen molar-refractivity contribution in [3.63, 3.8) is 0 Å². The number of amides is 1. The molecule has 1 saturated carbocycles. The second kappa shape index (κ2) is 8.22. The van der Waals surface area contributed by atoms with Gasteiger partial charge in [0, 0.05) is 24.2 Å². The molecule has 3 rings (SSSR count). The van der Waals surface area contributed by atoms with Crippen LogP contribution in [0.5, 0.6) is 0 Å². The summed E-state index contributed by atoms with van der Waals surface area (Å²) in [5.74, 6) is 0.546. The molecule has 7 nitrogen and oxygen atoms in total. The Morgan fingerprint density at radius 3 is 2.44 bits per heavy atom. The molecule has 0 aliphatic heterocycles. The Morgan fingerprint density at radius 1 is 1.22 bits per heavy atom. The van der Waals surface area contributed by atoms with Gasteiger partial charge in [-0.05, 0) is 44.0 Å². The van der Waals surface area contributed by atoms with E-state index in [0.29, 0.717) is 23.7 Å². The van der Waals surface area contributed by atoms with Gasteiger partial charge in [-0.1, -0.05) is 31.3 Å². The van der Waals surface area contributed by atoms with Gasteiger partial charge < -0.3 is 9.84 Å². The van der Waals surface area contributed by atoms with E-state index in [1.54, 1.807) is 17.3 Å². The minimum Gasteiger partial charge on any atom is -0.360 e. The van der Waals surface area contributed by atoms with Crippen LogP contribution in [0.25, 0.3) is 0 Å². The first-order valence-corrected chi connectivity index (χ1v) is 10.7. The summed E-state index contributed by atoms with van der Waals surface area (Å²) in [4.78, 5) is 12.5. The van der Waals surface area contributed by atoms with E-state index in [9.17, 15) is 13.2 Å². The van der Waals surface area contributed by atoms with Gasteiger partial charge >= 0.3 is 0 Å². The molecule has 0 saturated heterocycles. The van der Waals surface area contributed by atoms with Gasteiger partial charge in [-0.2, -0.15) is 4.31 Å². The Balaban J connectivity index is 1.75. The summed E-state index contributed by atoms with van der Waals surface area (Å²) in [6.45, 7) is 4.04. The largest absolute Gasteiger partial charge is 0.360 e. The predicted octanol–water partition coefficient (Wildman–Crippen LogP) is 3.58. The maximum atomic E-state index is 13.0. The number of hydrogen-bond donors (Lipinski definition) is 1. The van der Waals surface area contributed by atoms with Crippen LogP contribution in [-0.2, 0) is 10.0 Å². The number of hydrogen-bond acceptors (Lipinski definition) is 5. The highest BCUT2D eigenvalue weighted by Crippen LogP contribution is 2.27. The third-order valence-corrected chi connectivity index (χ3v) is 6.93. The van der Waals surface area contributed by atoms with Crippen LogP contribution in [0, 0.1) is 6.92 Å². The lowest BCUT2D eigenvalue weighted by Crippen LogP contribution is -2.41. The van der Waals surface area contributed by atoms with Gasteiger partial charge in [0.2, 0.25) is 10.0 Å². The van der Waals surface area contributed by atoms with Crippen LogP contribution in [-0.4, -0.2) is 36.4 Å². The minimum atomic E-state index is -3.57. The maximum absolute atomic E-state index is 13.0. The molecule has 0 unspecified atom stereocenters. The van der Waals surface area contributed by atoms with E-state index < -0.39 is 10.0 Å². The molecule has 8 heteroatoms. The zero-order chi connectivity index (χ0) is 19.4. The Bertz CT molecular complexity index is 884.